The fourth-order valence-corrected chi connectivity index (χ4v) is 2.53. The minimum Gasteiger partial charge on any atom is -0.480 e. The first-order valence-corrected chi connectivity index (χ1v) is 6.76. The molecule has 2 rings (SSSR count). The summed E-state index contributed by atoms with van der Waals surface area (Å²) >= 11 is 0. The Kier molecular flexibility index (Phi) is 4.27. The third-order valence-electron chi connectivity index (χ3n) is 3.97. The number of aliphatic carboxylic acids is 1. The van der Waals surface area contributed by atoms with Gasteiger partial charge in [0.25, 0.3) is 0 Å². The van der Waals surface area contributed by atoms with E-state index in [2.05, 4.69) is 11.8 Å². The lowest BCUT2D eigenvalue weighted by Crippen LogP contribution is -2.52. The van der Waals surface area contributed by atoms with Crippen LogP contribution in [-0.2, 0) is 4.79 Å². The van der Waals surface area contributed by atoms with Gasteiger partial charge in [0.1, 0.15) is 17.6 Å². The van der Waals surface area contributed by atoms with E-state index in [0.29, 0.717) is 0 Å². The maximum absolute atomic E-state index is 11.0. The van der Waals surface area contributed by atoms with Gasteiger partial charge < -0.3 is 9.52 Å². The third kappa shape index (κ3) is 3.16. The fraction of sp³-hybridized carbons (Fsp3) is 0.643. The molecular weight excluding hydrogens is 244 g/mol. The molecule has 1 fully saturated rings. The molecule has 0 saturated carbocycles. The molecule has 1 saturated heterocycles. The molecular formula is C14H22N2O3. The highest BCUT2D eigenvalue weighted by atomic mass is 16.4. The first-order valence-electron chi connectivity index (χ1n) is 6.76. The molecule has 0 spiro atoms. The Bertz CT molecular complexity index is 436. The second-order valence-electron chi connectivity index (χ2n) is 5.21. The van der Waals surface area contributed by atoms with E-state index in [-0.39, 0.29) is 6.04 Å². The molecule has 5 nitrogen and oxygen atoms in total. The van der Waals surface area contributed by atoms with E-state index in [1.54, 1.807) is 6.92 Å². The van der Waals surface area contributed by atoms with Crippen molar-refractivity contribution >= 4 is 5.97 Å². The SMILES string of the molecule is Cc1ccc(C(C)N2CCN(C(C)C(=O)O)CC2)o1. The van der Waals surface area contributed by atoms with Crippen LogP contribution in [0.3, 0.4) is 0 Å². The third-order valence-corrected chi connectivity index (χ3v) is 3.97. The highest BCUT2D eigenvalue weighted by Gasteiger charge is 2.28. The summed E-state index contributed by atoms with van der Waals surface area (Å²) in [4.78, 5) is 15.3. The smallest absolute Gasteiger partial charge is 0.320 e. The highest BCUT2D eigenvalue weighted by Crippen LogP contribution is 2.23. The number of rotatable bonds is 4. The molecule has 19 heavy (non-hydrogen) atoms. The number of carbonyl (C=O) groups is 1. The van der Waals surface area contributed by atoms with E-state index in [1.165, 1.54) is 0 Å². The standard InChI is InChI=1S/C14H22N2O3/c1-10-4-5-13(19-10)11(2)15-6-8-16(9-7-15)12(3)14(17)18/h4-5,11-12H,6-9H2,1-3H3,(H,17,18). The average Bonchev–Trinajstić information content (AvgIpc) is 2.84. The molecule has 1 aromatic rings. The molecule has 2 atom stereocenters. The van der Waals surface area contributed by atoms with E-state index in [0.717, 1.165) is 37.7 Å². The van der Waals surface area contributed by atoms with Gasteiger partial charge in [0.05, 0.1) is 6.04 Å². The van der Waals surface area contributed by atoms with Crippen molar-refractivity contribution in [2.24, 2.45) is 0 Å². The van der Waals surface area contributed by atoms with Crippen LogP contribution in [0.5, 0.6) is 0 Å². The number of nitrogens with zero attached hydrogens (tertiary/aromatic N) is 2. The van der Waals surface area contributed by atoms with Gasteiger partial charge in [0.15, 0.2) is 0 Å². The summed E-state index contributed by atoms with van der Waals surface area (Å²) in [7, 11) is 0. The average molecular weight is 266 g/mol. The summed E-state index contributed by atoms with van der Waals surface area (Å²) in [5.41, 5.74) is 0. The van der Waals surface area contributed by atoms with Gasteiger partial charge in [-0.2, -0.15) is 0 Å². The Morgan fingerprint density at radius 2 is 1.79 bits per heavy atom. The number of aryl methyl sites for hydroxylation is 1. The van der Waals surface area contributed by atoms with Crippen LogP contribution in [-0.4, -0.2) is 53.1 Å². The molecule has 106 valence electrons. The summed E-state index contributed by atoms with van der Waals surface area (Å²) < 4.78 is 5.66. The van der Waals surface area contributed by atoms with Crippen molar-refractivity contribution in [2.45, 2.75) is 32.9 Å². The summed E-state index contributed by atoms with van der Waals surface area (Å²) in [6.07, 6.45) is 0. The van der Waals surface area contributed by atoms with Crippen LogP contribution >= 0.6 is 0 Å². The molecule has 2 heterocycles. The zero-order valence-corrected chi connectivity index (χ0v) is 11.8. The van der Waals surface area contributed by atoms with Crippen molar-refractivity contribution in [1.29, 1.82) is 0 Å². The first kappa shape index (κ1) is 14.1. The molecule has 5 heteroatoms. The lowest BCUT2D eigenvalue weighted by atomic mass is 10.1. The minimum atomic E-state index is -0.747. The fourth-order valence-electron chi connectivity index (χ4n) is 2.53. The quantitative estimate of drug-likeness (QED) is 0.899. The number of piperazine rings is 1. The van der Waals surface area contributed by atoms with Gasteiger partial charge in [-0.25, -0.2) is 0 Å². The number of furan rings is 1. The predicted octanol–water partition coefficient (Wildman–Crippen LogP) is 1.74. The summed E-state index contributed by atoms with van der Waals surface area (Å²) in [5.74, 6) is 1.17. The van der Waals surface area contributed by atoms with Crippen LogP contribution in [0.25, 0.3) is 0 Å². The van der Waals surface area contributed by atoms with E-state index in [9.17, 15) is 4.79 Å². The van der Waals surface area contributed by atoms with Gasteiger partial charge in [0, 0.05) is 26.2 Å². The Labute approximate surface area is 113 Å². The van der Waals surface area contributed by atoms with E-state index < -0.39 is 12.0 Å². The Morgan fingerprint density at radius 3 is 2.26 bits per heavy atom. The maximum atomic E-state index is 11.0. The van der Waals surface area contributed by atoms with E-state index in [4.69, 9.17) is 9.52 Å². The lowest BCUT2D eigenvalue weighted by Gasteiger charge is -2.38. The van der Waals surface area contributed by atoms with Crippen molar-refractivity contribution in [1.82, 2.24) is 9.80 Å². The second kappa shape index (κ2) is 5.75. The Morgan fingerprint density at radius 1 is 1.21 bits per heavy atom. The van der Waals surface area contributed by atoms with Gasteiger partial charge in [-0.3, -0.25) is 14.6 Å². The lowest BCUT2D eigenvalue weighted by molar-refractivity contribution is -0.143. The molecule has 0 aromatic carbocycles. The largest absolute Gasteiger partial charge is 0.480 e. The summed E-state index contributed by atoms with van der Waals surface area (Å²) in [6, 6.07) is 3.85. The molecule has 0 amide bonds. The topological polar surface area (TPSA) is 56.9 Å². The van der Waals surface area contributed by atoms with Crippen molar-refractivity contribution in [3.8, 4) is 0 Å². The van der Waals surface area contributed by atoms with Gasteiger partial charge in [-0.1, -0.05) is 0 Å². The molecule has 0 radical (unpaired) electrons. The monoisotopic (exact) mass is 266 g/mol. The second-order valence-corrected chi connectivity index (χ2v) is 5.21. The van der Waals surface area contributed by atoms with Gasteiger partial charge in [0.2, 0.25) is 0 Å². The number of hydrogen-bond donors (Lipinski definition) is 1. The van der Waals surface area contributed by atoms with Crippen molar-refractivity contribution in [2.75, 3.05) is 26.2 Å². The van der Waals surface area contributed by atoms with Gasteiger partial charge in [-0.15, -0.1) is 0 Å². The van der Waals surface area contributed by atoms with E-state index >= 15 is 0 Å². The van der Waals surface area contributed by atoms with Crippen LogP contribution in [0.4, 0.5) is 0 Å². The molecule has 1 N–H and O–H groups in total. The molecule has 1 aliphatic heterocycles. The zero-order chi connectivity index (χ0) is 14.0. The molecule has 0 bridgehead atoms. The number of hydrogen-bond acceptors (Lipinski definition) is 4. The Balaban J connectivity index is 1.91. The predicted molar refractivity (Wildman–Crippen MR) is 72.1 cm³/mol. The van der Waals surface area contributed by atoms with E-state index in [1.807, 2.05) is 24.0 Å². The molecule has 1 aliphatic rings. The van der Waals surface area contributed by atoms with Crippen LogP contribution in [0.15, 0.2) is 16.5 Å². The van der Waals surface area contributed by atoms with Crippen LogP contribution < -0.4 is 0 Å². The normalized spacial score (nSPS) is 21.2. The van der Waals surface area contributed by atoms with Crippen LogP contribution in [0.2, 0.25) is 0 Å². The number of carboxylic acid groups (broad SMARTS) is 1. The van der Waals surface area contributed by atoms with Gasteiger partial charge >= 0.3 is 5.97 Å². The van der Waals surface area contributed by atoms with Crippen molar-refractivity contribution < 1.29 is 14.3 Å². The Hall–Kier alpha value is -1.33. The minimum absolute atomic E-state index is 0.246. The molecule has 2 unspecified atom stereocenters. The van der Waals surface area contributed by atoms with Crippen molar-refractivity contribution in [3.05, 3.63) is 23.7 Å². The maximum Gasteiger partial charge on any atom is 0.320 e. The highest BCUT2D eigenvalue weighted by molar-refractivity contribution is 5.72. The van der Waals surface area contributed by atoms with Crippen molar-refractivity contribution in [3.63, 3.8) is 0 Å². The van der Waals surface area contributed by atoms with Gasteiger partial charge in [-0.05, 0) is 32.9 Å². The molecule has 1 aromatic heterocycles. The summed E-state index contributed by atoms with van der Waals surface area (Å²) in [5, 5.41) is 9.02. The zero-order valence-electron chi connectivity index (χ0n) is 11.8. The first-order chi connectivity index (χ1) is 8.99. The summed E-state index contributed by atoms with van der Waals surface area (Å²) in [6.45, 7) is 9.15. The van der Waals surface area contributed by atoms with Crippen LogP contribution in [0.1, 0.15) is 31.4 Å². The molecule has 0 aliphatic carbocycles. The number of carboxylic acids is 1. The van der Waals surface area contributed by atoms with Crippen LogP contribution in [0, 0.1) is 6.92 Å².